The zero-order valence-corrected chi connectivity index (χ0v) is 8.18. The molecule has 2 rings (SSSR count). The van der Waals surface area contributed by atoms with E-state index in [1.807, 2.05) is 24.1 Å². The van der Waals surface area contributed by atoms with E-state index < -0.39 is 0 Å². The summed E-state index contributed by atoms with van der Waals surface area (Å²) in [5.41, 5.74) is 1.07. The monoisotopic (exact) mass is 191 g/mol. The number of pyridine rings is 1. The van der Waals surface area contributed by atoms with E-state index >= 15 is 0 Å². The van der Waals surface area contributed by atoms with Crippen molar-refractivity contribution in [1.82, 2.24) is 9.88 Å². The molecule has 0 saturated carbocycles. The molecule has 14 heavy (non-hydrogen) atoms. The number of amidine groups is 1. The van der Waals surface area contributed by atoms with Gasteiger partial charge in [-0.2, -0.15) is 0 Å². The highest BCUT2D eigenvalue weighted by molar-refractivity contribution is 5.75. The minimum absolute atomic E-state index is 0.539. The van der Waals surface area contributed by atoms with E-state index in [2.05, 4.69) is 9.98 Å². The van der Waals surface area contributed by atoms with E-state index in [9.17, 15) is 0 Å². The lowest BCUT2D eigenvalue weighted by molar-refractivity contribution is 0.247. The van der Waals surface area contributed by atoms with E-state index in [1.165, 1.54) is 0 Å². The number of ether oxygens (including phenoxy) is 1. The summed E-state index contributed by atoms with van der Waals surface area (Å²) in [4.78, 5) is 10.3. The number of rotatable bonds is 2. The van der Waals surface area contributed by atoms with E-state index in [-0.39, 0.29) is 0 Å². The SMILES string of the molecule is CN1CCN=C1OCc1cccnc1. The standard InChI is InChI=1S/C10H13N3O/c1-13-6-5-12-10(13)14-8-9-3-2-4-11-7-9/h2-4,7H,5-6,8H2,1H3. The summed E-state index contributed by atoms with van der Waals surface area (Å²) < 4.78 is 5.54. The number of aromatic nitrogens is 1. The molecule has 1 aliphatic rings. The molecule has 4 nitrogen and oxygen atoms in total. The molecule has 2 heterocycles. The molecular formula is C10H13N3O. The molecule has 0 unspecified atom stereocenters. The van der Waals surface area contributed by atoms with Gasteiger partial charge in [-0.3, -0.25) is 4.98 Å². The second-order valence-corrected chi connectivity index (χ2v) is 3.24. The molecular weight excluding hydrogens is 178 g/mol. The van der Waals surface area contributed by atoms with Crippen LogP contribution in [0.3, 0.4) is 0 Å². The van der Waals surface area contributed by atoms with Gasteiger partial charge in [-0.05, 0) is 6.07 Å². The van der Waals surface area contributed by atoms with Gasteiger partial charge in [0.1, 0.15) is 6.61 Å². The third-order valence-corrected chi connectivity index (χ3v) is 2.10. The summed E-state index contributed by atoms with van der Waals surface area (Å²) in [6.07, 6.45) is 3.55. The number of hydrogen-bond donors (Lipinski definition) is 0. The largest absolute Gasteiger partial charge is 0.460 e. The van der Waals surface area contributed by atoms with Gasteiger partial charge in [-0.1, -0.05) is 6.07 Å². The van der Waals surface area contributed by atoms with Crippen LogP contribution in [0.4, 0.5) is 0 Å². The van der Waals surface area contributed by atoms with Crippen molar-refractivity contribution in [2.75, 3.05) is 20.1 Å². The van der Waals surface area contributed by atoms with Gasteiger partial charge in [0.15, 0.2) is 0 Å². The van der Waals surface area contributed by atoms with Crippen LogP contribution in [-0.2, 0) is 11.3 Å². The Bertz CT molecular complexity index is 323. The van der Waals surface area contributed by atoms with E-state index in [0.717, 1.165) is 24.7 Å². The van der Waals surface area contributed by atoms with Gasteiger partial charge in [-0.15, -0.1) is 0 Å². The summed E-state index contributed by atoms with van der Waals surface area (Å²) in [6.45, 7) is 2.32. The van der Waals surface area contributed by atoms with Crippen LogP contribution in [0.5, 0.6) is 0 Å². The maximum absolute atomic E-state index is 5.54. The lowest BCUT2D eigenvalue weighted by Gasteiger charge is -2.13. The normalized spacial score (nSPS) is 15.5. The van der Waals surface area contributed by atoms with Crippen molar-refractivity contribution in [3.05, 3.63) is 30.1 Å². The number of likely N-dealkylation sites (N-methyl/N-ethyl adjacent to an activating group) is 1. The molecule has 1 aromatic heterocycles. The Morgan fingerprint density at radius 2 is 2.50 bits per heavy atom. The number of hydrogen-bond acceptors (Lipinski definition) is 4. The Kier molecular flexibility index (Phi) is 2.62. The molecule has 0 fully saturated rings. The van der Waals surface area contributed by atoms with Gasteiger partial charge in [-0.25, -0.2) is 4.99 Å². The first kappa shape index (κ1) is 8.99. The molecule has 0 bridgehead atoms. The molecule has 74 valence electrons. The molecule has 0 spiro atoms. The third kappa shape index (κ3) is 2.02. The summed E-state index contributed by atoms with van der Waals surface area (Å²) in [7, 11) is 1.98. The van der Waals surface area contributed by atoms with Crippen molar-refractivity contribution in [2.45, 2.75) is 6.61 Å². The summed E-state index contributed by atoms with van der Waals surface area (Å²) in [5.74, 6) is 0. The summed E-state index contributed by atoms with van der Waals surface area (Å²) in [6, 6.07) is 4.62. The zero-order valence-electron chi connectivity index (χ0n) is 8.18. The average molecular weight is 191 g/mol. The highest BCUT2D eigenvalue weighted by Crippen LogP contribution is 2.04. The second kappa shape index (κ2) is 4.09. The van der Waals surface area contributed by atoms with Crippen molar-refractivity contribution in [3.8, 4) is 0 Å². The van der Waals surface area contributed by atoms with E-state index in [1.54, 1.807) is 12.4 Å². The smallest absolute Gasteiger partial charge is 0.287 e. The minimum Gasteiger partial charge on any atom is -0.460 e. The molecule has 0 N–H and O–H groups in total. The van der Waals surface area contributed by atoms with Gasteiger partial charge in [0.2, 0.25) is 0 Å². The molecule has 0 radical (unpaired) electrons. The minimum atomic E-state index is 0.539. The van der Waals surface area contributed by atoms with Crippen molar-refractivity contribution in [3.63, 3.8) is 0 Å². The summed E-state index contributed by atoms with van der Waals surface area (Å²) >= 11 is 0. The predicted molar refractivity (Wildman–Crippen MR) is 54.0 cm³/mol. The Hall–Kier alpha value is -1.58. The Balaban J connectivity index is 1.89. The van der Waals surface area contributed by atoms with Gasteiger partial charge < -0.3 is 9.64 Å². The second-order valence-electron chi connectivity index (χ2n) is 3.24. The van der Waals surface area contributed by atoms with Crippen LogP contribution < -0.4 is 0 Å². The highest BCUT2D eigenvalue weighted by atomic mass is 16.5. The van der Waals surface area contributed by atoms with Crippen LogP contribution >= 0.6 is 0 Å². The van der Waals surface area contributed by atoms with Gasteiger partial charge in [0.05, 0.1) is 6.54 Å². The fraction of sp³-hybridized carbons (Fsp3) is 0.400. The molecule has 4 heteroatoms. The zero-order chi connectivity index (χ0) is 9.80. The molecule has 0 saturated heterocycles. The summed E-state index contributed by atoms with van der Waals surface area (Å²) in [5, 5.41) is 0. The third-order valence-electron chi connectivity index (χ3n) is 2.10. The molecule has 0 aromatic carbocycles. The Labute approximate surface area is 83.2 Å². The molecule has 0 atom stereocenters. The van der Waals surface area contributed by atoms with Crippen LogP contribution in [0, 0.1) is 0 Å². The lowest BCUT2D eigenvalue weighted by atomic mass is 10.3. The first-order valence-corrected chi connectivity index (χ1v) is 4.63. The van der Waals surface area contributed by atoms with Crippen LogP contribution in [0.2, 0.25) is 0 Å². The molecule has 1 aromatic rings. The highest BCUT2D eigenvalue weighted by Gasteiger charge is 2.13. The average Bonchev–Trinajstić information content (AvgIpc) is 2.63. The quantitative estimate of drug-likeness (QED) is 0.697. The van der Waals surface area contributed by atoms with E-state index in [4.69, 9.17) is 4.74 Å². The van der Waals surface area contributed by atoms with Crippen molar-refractivity contribution in [1.29, 1.82) is 0 Å². The van der Waals surface area contributed by atoms with Gasteiger partial charge in [0, 0.05) is 31.5 Å². The topological polar surface area (TPSA) is 37.7 Å². The lowest BCUT2D eigenvalue weighted by Crippen LogP contribution is -2.24. The van der Waals surface area contributed by atoms with Crippen molar-refractivity contribution >= 4 is 6.02 Å². The van der Waals surface area contributed by atoms with Crippen LogP contribution in [0.25, 0.3) is 0 Å². The number of aliphatic imine (C=N–C) groups is 1. The first-order valence-electron chi connectivity index (χ1n) is 4.63. The molecule has 1 aliphatic heterocycles. The Morgan fingerprint density at radius 1 is 1.57 bits per heavy atom. The maximum Gasteiger partial charge on any atom is 0.287 e. The molecule has 0 aliphatic carbocycles. The van der Waals surface area contributed by atoms with Crippen LogP contribution in [0.15, 0.2) is 29.5 Å². The predicted octanol–water partition coefficient (Wildman–Crippen LogP) is 0.900. The van der Waals surface area contributed by atoms with Crippen molar-refractivity contribution < 1.29 is 4.74 Å². The van der Waals surface area contributed by atoms with Crippen LogP contribution in [-0.4, -0.2) is 36.0 Å². The van der Waals surface area contributed by atoms with E-state index in [0.29, 0.717) is 6.61 Å². The Morgan fingerprint density at radius 3 is 3.14 bits per heavy atom. The molecule has 0 amide bonds. The van der Waals surface area contributed by atoms with Crippen molar-refractivity contribution in [2.24, 2.45) is 4.99 Å². The van der Waals surface area contributed by atoms with Crippen LogP contribution in [0.1, 0.15) is 5.56 Å². The van der Waals surface area contributed by atoms with Gasteiger partial charge >= 0.3 is 0 Å². The first-order chi connectivity index (χ1) is 6.86. The fourth-order valence-electron chi connectivity index (χ4n) is 1.30. The fourth-order valence-corrected chi connectivity index (χ4v) is 1.30. The number of nitrogens with zero attached hydrogens (tertiary/aromatic N) is 3. The van der Waals surface area contributed by atoms with Gasteiger partial charge in [0.25, 0.3) is 6.02 Å². The maximum atomic E-state index is 5.54.